The van der Waals surface area contributed by atoms with Gasteiger partial charge in [0.05, 0.1) is 11.5 Å². The number of nitrogens with zero attached hydrogens (tertiary/aromatic N) is 3. The van der Waals surface area contributed by atoms with E-state index in [4.69, 9.17) is 4.74 Å². The quantitative estimate of drug-likeness (QED) is 0.254. The predicted molar refractivity (Wildman–Crippen MR) is 103 cm³/mol. The van der Waals surface area contributed by atoms with Gasteiger partial charge in [-0.05, 0) is 18.4 Å². The number of guanidine groups is 1. The number of rotatable bonds is 3. The Balaban J connectivity index is 0.00000208. The molecule has 7 nitrogen and oxygen atoms in total. The van der Waals surface area contributed by atoms with Gasteiger partial charge in [-0.25, -0.2) is 0 Å². The molecule has 0 radical (unpaired) electrons. The Hall–Kier alpha value is -1.42. The van der Waals surface area contributed by atoms with E-state index in [-0.39, 0.29) is 40.0 Å². The average Bonchev–Trinajstić information content (AvgIpc) is 3.19. The van der Waals surface area contributed by atoms with E-state index in [1.54, 1.807) is 19.2 Å². The lowest BCUT2D eigenvalue weighted by Gasteiger charge is -2.25. The molecule has 3 rings (SSSR count). The van der Waals surface area contributed by atoms with Crippen molar-refractivity contribution in [3.8, 4) is 0 Å². The van der Waals surface area contributed by atoms with Gasteiger partial charge in [0.1, 0.15) is 0 Å². The molecule has 2 aliphatic rings. The molecule has 8 heteroatoms. The van der Waals surface area contributed by atoms with Gasteiger partial charge in [-0.3, -0.25) is 15.1 Å². The Kier molecular flexibility index (Phi) is 6.39. The highest BCUT2D eigenvalue weighted by atomic mass is 127. The average molecular weight is 446 g/mol. The third-order valence-electron chi connectivity index (χ3n) is 4.71. The number of nitro groups is 1. The zero-order valence-electron chi connectivity index (χ0n) is 13.7. The van der Waals surface area contributed by atoms with E-state index in [1.165, 1.54) is 6.07 Å². The highest BCUT2D eigenvalue weighted by molar-refractivity contribution is 14.0. The minimum atomic E-state index is -0.372. The van der Waals surface area contributed by atoms with Gasteiger partial charge >= 0.3 is 0 Å². The fourth-order valence-electron chi connectivity index (χ4n) is 3.38. The highest BCUT2D eigenvalue weighted by Crippen LogP contribution is 2.38. The molecular formula is C16H23IN4O3. The molecule has 1 atom stereocenters. The first-order chi connectivity index (χ1) is 11.1. The molecule has 24 heavy (non-hydrogen) atoms. The summed E-state index contributed by atoms with van der Waals surface area (Å²) in [6.07, 6.45) is 2.25. The minimum Gasteiger partial charge on any atom is -0.381 e. The van der Waals surface area contributed by atoms with Crippen molar-refractivity contribution in [2.45, 2.75) is 19.4 Å². The fraction of sp³-hybridized carbons (Fsp3) is 0.562. The van der Waals surface area contributed by atoms with E-state index in [1.807, 2.05) is 6.07 Å². The molecule has 2 heterocycles. The first-order valence-corrected chi connectivity index (χ1v) is 7.89. The van der Waals surface area contributed by atoms with Crippen LogP contribution in [-0.2, 0) is 11.3 Å². The second kappa shape index (κ2) is 8.11. The number of nitrogens with one attached hydrogen (secondary N) is 1. The molecule has 1 N–H and O–H groups in total. The van der Waals surface area contributed by atoms with Gasteiger partial charge in [0, 0.05) is 50.8 Å². The second-order valence-corrected chi connectivity index (χ2v) is 6.30. The molecular weight excluding hydrogens is 423 g/mol. The van der Waals surface area contributed by atoms with Crippen molar-refractivity contribution in [1.82, 2.24) is 10.2 Å². The van der Waals surface area contributed by atoms with Crippen molar-refractivity contribution in [1.29, 1.82) is 0 Å². The molecule has 2 fully saturated rings. The Bertz CT molecular complexity index is 617. The first kappa shape index (κ1) is 18.9. The van der Waals surface area contributed by atoms with Crippen LogP contribution in [0.15, 0.2) is 29.3 Å². The van der Waals surface area contributed by atoms with Crippen LogP contribution < -0.4 is 5.32 Å². The molecule has 1 aromatic rings. The van der Waals surface area contributed by atoms with Gasteiger partial charge in [0.25, 0.3) is 5.69 Å². The van der Waals surface area contributed by atoms with Crippen molar-refractivity contribution in [2.75, 3.05) is 33.4 Å². The standard InChI is InChI=1S/C16H22N4O3.HI/c1-17-15(19-7-5-16(11-19)6-8-23-12-16)18-10-13-3-2-4-14(9-13)20(21)22;/h2-4,9H,5-8,10-12H2,1H3,(H,17,18);1H. The maximum absolute atomic E-state index is 10.8. The second-order valence-electron chi connectivity index (χ2n) is 6.30. The van der Waals surface area contributed by atoms with Crippen LogP contribution in [0.2, 0.25) is 0 Å². The Labute approximate surface area is 158 Å². The van der Waals surface area contributed by atoms with Gasteiger partial charge in [0.2, 0.25) is 0 Å². The van der Waals surface area contributed by atoms with E-state index in [0.29, 0.717) is 6.54 Å². The van der Waals surface area contributed by atoms with E-state index in [0.717, 1.165) is 50.7 Å². The molecule has 2 aliphatic heterocycles. The summed E-state index contributed by atoms with van der Waals surface area (Å²) in [7, 11) is 1.77. The molecule has 0 aliphatic carbocycles. The lowest BCUT2D eigenvalue weighted by Crippen LogP contribution is -2.41. The molecule has 132 valence electrons. The van der Waals surface area contributed by atoms with Crippen molar-refractivity contribution in [3.05, 3.63) is 39.9 Å². The molecule has 0 amide bonds. The maximum atomic E-state index is 10.8. The maximum Gasteiger partial charge on any atom is 0.269 e. The summed E-state index contributed by atoms with van der Waals surface area (Å²) in [5, 5.41) is 14.2. The zero-order chi connectivity index (χ0) is 16.3. The highest BCUT2D eigenvalue weighted by Gasteiger charge is 2.42. The molecule has 0 bridgehead atoms. The molecule has 1 spiro atoms. The smallest absolute Gasteiger partial charge is 0.269 e. The molecule has 2 saturated heterocycles. The summed E-state index contributed by atoms with van der Waals surface area (Å²) in [5.74, 6) is 0.847. The number of nitro benzene ring substituents is 1. The van der Waals surface area contributed by atoms with Crippen LogP contribution in [0.25, 0.3) is 0 Å². The Morgan fingerprint density at radius 2 is 2.33 bits per heavy atom. The summed E-state index contributed by atoms with van der Waals surface area (Å²) in [6.45, 7) is 4.15. The van der Waals surface area contributed by atoms with Crippen LogP contribution in [0, 0.1) is 15.5 Å². The van der Waals surface area contributed by atoms with Crippen molar-refractivity contribution in [2.24, 2.45) is 10.4 Å². The summed E-state index contributed by atoms with van der Waals surface area (Å²) in [4.78, 5) is 17.1. The zero-order valence-corrected chi connectivity index (χ0v) is 16.1. The number of hydrogen-bond donors (Lipinski definition) is 1. The number of benzene rings is 1. The molecule has 0 saturated carbocycles. The SMILES string of the molecule is CN=C(NCc1cccc([N+](=O)[O-])c1)N1CCC2(CCOC2)C1.I. The predicted octanol–water partition coefficient (Wildman–Crippen LogP) is 2.40. The fourth-order valence-corrected chi connectivity index (χ4v) is 3.38. The number of halogens is 1. The normalized spacial score (nSPS) is 23.4. The molecule has 0 aromatic heterocycles. The topological polar surface area (TPSA) is 80.0 Å². The van der Waals surface area contributed by atoms with E-state index in [2.05, 4.69) is 15.2 Å². The monoisotopic (exact) mass is 446 g/mol. The van der Waals surface area contributed by atoms with Crippen LogP contribution in [-0.4, -0.2) is 49.1 Å². The number of hydrogen-bond acceptors (Lipinski definition) is 4. The summed E-state index contributed by atoms with van der Waals surface area (Å²) >= 11 is 0. The van der Waals surface area contributed by atoms with Crippen LogP contribution in [0.5, 0.6) is 0 Å². The molecule has 1 aromatic carbocycles. The summed E-state index contributed by atoms with van der Waals surface area (Å²) in [6, 6.07) is 6.68. The number of non-ortho nitro benzene ring substituents is 1. The van der Waals surface area contributed by atoms with E-state index >= 15 is 0 Å². The summed E-state index contributed by atoms with van der Waals surface area (Å²) < 4.78 is 5.56. The third kappa shape index (κ3) is 4.15. The lowest BCUT2D eigenvalue weighted by molar-refractivity contribution is -0.384. The number of ether oxygens (including phenoxy) is 1. The van der Waals surface area contributed by atoms with Crippen LogP contribution in [0.1, 0.15) is 18.4 Å². The van der Waals surface area contributed by atoms with Crippen LogP contribution in [0.3, 0.4) is 0 Å². The van der Waals surface area contributed by atoms with Gasteiger partial charge in [-0.1, -0.05) is 12.1 Å². The van der Waals surface area contributed by atoms with Crippen LogP contribution in [0.4, 0.5) is 5.69 Å². The van der Waals surface area contributed by atoms with Crippen molar-refractivity contribution in [3.63, 3.8) is 0 Å². The Morgan fingerprint density at radius 1 is 1.50 bits per heavy atom. The van der Waals surface area contributed by atoms with Gasteiger partial charge < -0.3 is 15.0 Å². The largest absolute Gasteiger partial charge is 0.381 e. The third-order valence-corrected chi connectivity index (χ3v) is 4.71. The van der Waals surface area contributed by atoms with E-state index in [9.17, 15) is 10.1 Å². The number of likely N-dealkylation sites (tertiary alicyclic amines) is 1. The van der Waals surface area contributed by atoms with Gasteiger partial charge in [-0.2, -0.15) is 0 Å². The Morgan fingerprint density at radius 3 is 3.00 bits per heavy atom. The van der Waals surface area contributed by atoms with Crippen molar-refractivity contribution < 1.29 is 9.66 Å². The number of aliphatic imine (C=N–C) groups is 1. The molecule has 1 unspecified atom stereocenters. The first-order valence-electron chi connectivity index (χ1n) is 7.89. The summed E-state index contributed by atoms with van der Waals surface area (Å²) in [5.41, 5.74) is 1.27. The van der Waals surface area contributed by atoms with Gasteiger partial charge in [0.15, 0.2) is 5.96 Å². The van der Waals surface area contributed by atoms with Gasteiger partial charge in [-0.15, -0.1) is 24.0 Å². The van der Waals surface area contributed by atoms with Crippen LogP contribution >= 0.6 is 24.0 Å². The minimum absolute atomic E-state index is 0. The lowest BCUT2D eigenvalue weighted by atomic mass is 9.87. The van der Waals surface area contributed by atoms with Crippen molar-refractivity contribution >= 4 is 35.6 Å². The van der Waals surface area contributed by atoms with E-state index < -0.39 is 0 Å².